The van der Waals surface area contributed by atoms with Gasteiger partial charge in [-0.05, 0) is 68.3 Å². The lowest BCUT2D eigenvalue weighted by molar-refractivity contribution is -0.152. The van der Waals surface area contributed by atoms with Crippen molar-refractivity contribution in [2.24, 2.45) is 5.73 Å². The number of ether oxygens (including phenoxy) is 3. The summed E-state index contributed by atoms with van der Waals surface area (Å²) in [6, 6.07) is 11.4. The van der Waals surface area contributed by atoms with Gasteiger partial charge in [-0.2, -0.15) is 0 Å². The molecule has 0 aliphatic rings. The number of aliphatic hydroxyl groups is 1. The number of hydrogen-bond donors (Lipinski definition) is 2. The Morgan fingerprint density at radius 2 is 1.25 bits per heavy atom. The molecule has 1 atom stereocenters. The summed E-state index contributed by atoms with van der Waals surface area (Å²) in [5, 5.41) is 8.94. The highest BCUT2D eigenvalue weighted by atomic mass is 35.5. The number of pyridine rings is 2. The first kappa shape index (κ1) is 42.2. The highest BCUT2D eigenvalue weighted by molar-refractivity contribution is 5.92. The second-order valence-corrected chi connectivity index (χ2v) is 11.3. The van der Waals surface area contributed by atoms with Crippen LogP contribution in [-0.4, -0.2) is 52.2 Å². The first-order valence-corrected chi connectivity index (χ1v) is 16.8. The van der Waals surface area contributed by atoms with Crippen LogP contribution in [0.15, 0.2) is 67.3 Å². The smallest absolute Gasteiger partial charge is 0.345 e. The lowest BCUT2D eigenvalue weighted by atomic mass is 10.1. The zero-order chi connectivity index (χ0) is 34.1. The zero-order valence-corrected chi connectivity index (χ0v) is 29.1. The van der Waals surface area contributed by atoms with Crippen molar-refractivity contribution in [3.05, 3.63) is 83.9 Å². The quantitative estimate of drug-likeness (QED) is 0.0697. The van der Waals surface area contributed by atoms with Crippen LogP contribution in [-0.2, 0) is 16.0 Å². The van der Waals surface area contributed by atoms with Crippen molar-refractivity contribution in [3.63, 3.8) is 0 Å². The molecule has 2 heterocycles. The van der Waals surface area contributed by atoms with Crippen LogP contribution in [0.5, 0.6) is 11.5 Å². The summed E-state index contributed by atoms with van der Waals surface area (Å²) in [5.74, 6) is -1.46. The van der Waals surface area contributed by atoms with E-state index in [1.165, 1.54) is 83.5 Å². The van der Waals surface area contributed by atoms with Crippen molar-refractivity contribution < 1.29 is 33.7 Å². The molecule has 0 radical (unpaired) electrons. The van der Waals surface area contributed by atoms with Gasteiger partial charge in [0.2, 0.25) is 0 Å². The monoisotopic (exact) mass is 685 g/mol. The summed E-state index contributed by atoms with van der Waals surface area (Å²) in [6.45, 7) is 4.57. The Kier molecular flexibility index (Phi) is 23.0. The second-order valence-electron chi connectivity index (χ2n) is 11.3. The van der Waals surface area contributed by atoms with Gasteiger partial charge in [0.1, 0.15) is 6.10 Å². The number of carbonyl (C=O) groups excluding carboxylic acids is 3. The summed E-state index contributed by atoms with van der Waals surface area (Å²) in [4.78, 5) is 43.4. The van der Waals surface area contributed by atoms with Crippen molar-refractivity contribution in [1.82, 2.24) is 9.97 Å². The fourth-order valence-corrected chi connectivity index (χ4v) is 4.56. The van der Waals surface area contributed by atoms with Crippen molar-refractivity contribution in [3.8, 4) is 11.5 Å². The predicted molar refractivity (Wildman–Crippen MR) is 189 cm³/mol. The third kappa shape index (κ3) is 17.9. The normalized spacial score (nSPS) is 10.9. The Bertz CT molecular complexity index is 1310. The Labute approximate surface area is 291 Å². The summed E-state index contributed by atoms with van der Waals surface area (Å²) >= 11 is 0. The maximum absolute atomic E-state index is 12.4. The van der Waals surface area contributed by atoms with Gasteiger partial charge in [0.05, 0.1) is 17.7 Å². The van der Waals surface area contributed by atoms with Gasteiger partial charge in [-0.1, -0.05) is 83.6 Å². The van der Waals surface area contributed by atoms with E-state index in [1.54, 1.807) is 54.9 Å². The topological polar surface area (TPSA) is 151 Å². The minimum absolute atomic E-state index is 0. The molecule has 48 heavy (non-hydrogen) atoms. The fourth-order valence-electron chi connectivity index (χ4n) is 4.56. The van der Waals surface area contributed by atoms with Crippen LogP contribution in [0.1, 0.15) is 117 Å². The van der Waals surface area contributed by atoms with E-state index in [1.807, 2.05) is 0 Å². The Morgan fingerprint density at radius 1 is 0.750 bits per heavy atom. The summed E-state index contributed by atoms with van der Waals surface area (Å²) < 4.78 is 15.7. The molecule has 0 bridgehead atoms. The number of carbonyl (C=O) groups is 3. The molecule has 2 aromatic heterocycles. The average molecular weight is 686 g/mol. The van der Waals surface area contributed by atoms with Crippen molar-refractivity contribution in [2.45, 2.75) is 103 Å². The Hall–Kier alpha value is -3.86. The molecule has 0 saturated carbocycles. The van der Waals surface area contributed by atoms with Crippen molar-refractivity contribution in [1.29, 1.82) is 0 Å². The first-order chi connectivity index (χ1) is 22.8. The molecule has 0 aliphatic heterocycles. The zero-order valence-electron chi connectivity index (χ0n) is 28.3. The molecule has 3 rings (SSSR count). The van der Waals surface area contributed by atoms with Crippen LogP contribution < -0.4 is 15.2 Å². The first-order valence-electron chi connectivity index (χ1n) is 16.8. The van der Waals surface area contributed by atoms with E-state index >= 15 is 0 Å². The SMILES string of the molecule is CCCCCCCCCCCCCCOC(=O)C(C)O.Cl.NCCc1ccc(OC(=O)c2cccnc2)c(OC(=O)c2cccnc2)c1. The van der Waals surface area contributed by atoms with Crippen LogP contribution in [0, 0.1) is 0 Å². The van der Waals surface area contributed by atoms with Crippen LogP contribution in [0.4, 0.5) is 0 Å². The minimum atomic E-state index is -0.993. The molecule has 11 heteroatoms. The minimum Gasteiger partial charge on any atom is -0.464 e. The molecule has 3 N–H and O–H groups in total. The summed E-state index contributed by atoms with van der Waals surface area (Å²) in [5.41, 5.74) is 7.01. The standard InChI is InChI=1S/C20H17N3O4.C17H34O3.ClH/c21-8-7-14-5-6-17(26-19(24)15-3-1-9-22-12-15)18(11-14)27-20(25)16-4-2-10-23-13-16;1-3-4-5-6-7-8-9-10-11-12-13-14-15-20-17(19)16(2)18;/h1-6,9-13H,7-8,21H2;16,18H,3-15H2,1-2H3;1H. The lowest BCUT2D eigenvalue weighted by Crippen LogP contribution is -2.19. The van der Waals surface area contributed by atoms with Gasteiger partial charge in [-0.25, -0.2) is 14.4 Å². The van der Waals surface area contributed by atoms with Crippen molar-refractivity contribution in [2.75, 3.05) is 13.2 Å². The number of benzene rings is 1. The molecule has 0 spiro atoms. The molecule has 1 unspecified atom stereocenters. The van der Waals surface area contributed by atoms with Crippen molar-refractivity contribution >= 4 is 30.3 Å². The second kappa shape index (κ2) is 26.1. The largest absolute Gasteiger partial charge is 0.464 e. The van der Waals surface area contributed by atoms with E-state index in [0.717, 1.165) is 18.4 Å². The molecule has 0 fully saturated rings. The number of rotatable bonds is 20. The van der Waals surface area contributed by atoms with E-state index < -0.39 is 24.0 Å². The number of halogens is 1. The van der Waals surface area contributed by atoms with Crippen LogP contribution >= 0.6 is 12.4 Å². The molecular formula is C37H52ClN3O7. The number of nitrogens with two attached hydrogens (primary N) is 1. The molecule has 0 aliphatic carbocycles. The van der Waals surface area contributed by atoms with Gasteiger partial charge in [-0.15, -0.1) is 12.4 Å². The lowest BCUT2D eigenvalue weighted by Gasteiger charge is -2.12. The predicted octanol–water partition coefficient (Wildman–Crippen LogP) is 7.45. The van der Waals surface area contributed by atoms with E-state index in [4.69, 9.17) is 25.1 Å². The number of hydrogen-bond acceptors (Lipinski definition) is 10. The number of unbranched alkanes of at least 4 members (excludes halogenated alkanes) is 11. The van der Waals surface area contributed by atoms with E-state index in [9.17, 15) is 14.4 Å². The van der Waals surface area contributed by atoms with Gasteiger partial charge < -0.3 is 25.1 Å². The number of esters is 3. The number of aromatic nitrogens is 2. The van der Waals surface area contributed by atoms with Crippen LogP contribution in [0.3, 0.4) is 0 Å². The maximum Gasteiger partial charge on any atom is 0.345 e. The van der Waals surface area contributed by atoms with Gasteiger partial charge in [0, 0.05) is 24.8 Å². The molecule has 1 aromatic carbocycles. The highest BCUT2D eigenvalue weighted by Crippen LogP contribution is 2.30. The number of nitrogens with zero attached hydrogens (tertiary/aromatic N) is 2. The molecule has 0 amide bonds. The summed E-state index contributed by atoms with van der Waals surface area (Å²) in [7, 11) is 0. The van der Waals surface area contributed by atoms with Gasteiger partial charge >= 0.3 is 17.9 Å². The third-order valence-electron chi connectivity index (χ3n) is 7.22. The van der Waals surface area contributed by atoms with E-state index in [-0.39, 0.29) is 35.0 Å². The number of aliphatic hydroxyl groups excluding tert-OH is 1. The van der Waals surface area contributed by atoms with Crippen LogP contribution in [0.2, 0.25) is 0 Å². The average Bonchev–Trinajstić information content (AvgIpc) is 3.09. The van der Waals surface area contributed by atoms with Crippen LogP contribution in [0.25, 0.3) is 0 Å². The molecule has 264 valence electrons. The van der Waals surface area contributed by atoms with Gasteiger partial charge in [-0.3, -0.25) is 9.97 Å². The molecule has 3 aromatic rings. The van der Waals surface area contributed by atoms with E-state index in [2.05, 4.69) is 16.9 Å². The maximum atomic E-state index is 12.4. The summed E-state index contributed by atoms with van der Waals surface area (Å²) in [6.07, 6.45) is 21.0. The Morgan fingerprint density at radius 3 is 1.71 bits per heavy atom. The molecule has 0 saturated heterocycles. The molecular weight excluding hydrogens is 634 g/mol. The van der Waals surface area contributed by atoms with E-state index in [0.29, 0.717) is 19.6 Å². The van der Waals surface area contributed by atoms with Gasteiger partial charge in [0.25, 0.3) is 0 Å². The third-order valence-corrected chi connectivity index (χ3v) is 7.22. The fraction of sp³-hybridized carbons (Fsp3) is 0.486. The molecule has 10 nitrogen and oxygen atoms in total. The Balaban J connectivity index is 0.000000494. The van der Waals surface area contributed by atoms with Gasteiger partial charge in [0.15, 0.2) is 11.5 Å². The highest BCUT2D eigenvalue weighted by Gasteiger charge is 2.17.